The molecule has 0 aromatic heterocycles. The van der Waals surface area contributed by atoms with Gasteiger partial charge in [-0.05, 0) is 30.7 Å². The van der Waals surface area contributed by atoms with Crippen LogP contribution in [0.3, 0.4) is 0 Å². The molecule has 0 fully saturated rings. The fourth-order valence-electron chi connectivity index (χ4n) is 1.22. The Morgan fingerprint density at radius 1 is 1.44 bits per heavy atom. The van der Waals surface area contributed by atoms with Crippen LogP contribution in [0.25, 0.3) is 0 Å². The molecule has 0 amide bonds. The molecule has 1 rings (SSSR count). The minimum atomic E-state index is -3.49. The number of likely N-dealkylation sites (N-methyl/N-ethyl adjacent to an activating group) is 1. The molecule has 1 N–H and O–H groups in total. The number of nitrogens with zero attached hydrogens (tertiary/aromatic N) is 1. The number of aliphatic hydroxyl groups is 1. The van der Waals surface area contributed by atoms with E-state index in [9.17, 15) is 8.42 Å². The molecule has 0 heterocycles. The maximum Gasteiger partial charge on any atom is 0.242 e. The molecule has 0 unspecified atom stereocenters. The average molecular weight is 308 g/mol. The summed E-state index contributed by atoms with van der Waals surface area (Å²) in [4.78, 5) is 0.240. The van der Waals surface area contributed by atoms with E-state index in [0.717, 1.165) is 14.3 Å². The van der Waals surface area contributed by atoms with Crippen molar-refractivity contribution in [3.8, 4) is 0 Å². The van der Waals surface area contributed by atoms with Crippen LogP contribution in [0.15, 0.2) is 27.6 Å². The monoisotopic (exact) mass is 307 g/mol. The first-order valence-corrected chi connectivity index (χ1v) is 6.96. The lowest BCUT2D eigenvalue weighted by molar-refractivity contribution is 0.266. The number of halogens is 1. The van der Waals surface area contributed by atoms with E-state index in [2.05, 4.69) is 15.9 Å². The summed E-state index contributed by atoms with van der Waals surface area (Å²) in [5.41, 5.74) is 0.860. The van der Waals surface area contributed by atoms with Crippen molar-refractivity contribution in [2.24, 2.45) is 0 Å². The minimum Gasteiger partial charge on any atom is -0.395 e. The topological polar surface area (TPSA) is 57.6 Å². The highest BCUT2D eigenvalue weighted by molar-refractivity contribution is 9.10. The second-order valence-electron chi connectivity index (χ2n) is 3.46. The maximum absolute atomic E-state index is 12.0. The zero-order chi connectivity index (χ0) is 12.3. The van der Waals surface area contributed by atoms with Crippen LogP contribution in [0.2, 0.25) is 0 Å². The SMILES string of the molecule is Cc1cc(S(=O)(=O)N(C)CCO)ccc1Br. The summed E-state index contributed by atoms with van der Waals surface area (Å²) in [7, 11) is -2.04. The van der Waals surface area contributed by atoms with Crippen molar-refractivity contribution in [3.63, 3.8) is 0 Å². The lowest BCUT2D eigenvalue weighted by Crippen LogP contribution is -2.29. The minimum absolute atomic E-state index is 0.0947. The Morgan fingerprint density at radius 3 is 2.56 bits per heavy atom. The molecular formula is C10H14BrNO3S. The first kappa shape index (κ1) is 13.6. The van der Waals surface area contributed by atoms with Gasteiger partial charge in [0.05, 0.1) is 11.5 Å². The van der Waals surface area contributed by atoms with Crippen molar-refractivity contribution in [1.29, 1.82) is 0 Å². The second kappa shape index (κ2) is 5.27. The van der Waals surface area contributed by atoms with Gasteiger partial charge in [-0.1, -0.05) is 15.9 Å². The Balaban J connectivity index is 3.12. The van der Waals surface area contributed by atoms with Crippen LogP contribution in [-0.4, -0.2) is 38.0 Å². The van der Waals surface area contributed by atoms with E-state index < -0.39 is 10.0 Å². The molecule has 0 aliphatic carbocycles. The van der Waals surface area contributed by atoms with Crippen molar-refractivity contribution in [2.75, 3.05) is 20.2 Å². The van der Waals surface area contributed by atoms with Crippen molar-refractivity contribution in [2.45, 2.75) is 11.8 Å². The number of sulfonamides is 1. The number of rotatable bonds is 4. The Morgan fingerprint density at radius 2 is 2.06 bits per heavy atom. The van der Waals surface area contributed by atoms with Gasteiger partial charge in [0.15, 0.2) is 0 Å². The highest BCUT2D eigenvalue weighted by Crippen LogP contribution is 2.21. The fraction of sp³-hybridized carbons (Fsp3) is 0.400. The molecule has 0 bridgehead atoms. The molecule has 16 heavy (non-hydrogen) atoms. The molecule has 1 aromatic carbocycles. The van der Waals surface area contributed by atoms with E-state index >= 15 is 0 Å². The average Bonchev–Trinajstić information content (AvgIpc) is 2.22. The van der Waals surface area contributed by atoms with E-state index in [1.165, 1.54) is 7.05 Å². The summed E-state index contributed by atoms with van der Waals surface area (Å²) in [5, 5.41) is 8.73. The van der Waals surface area contributed by atoms with Gasteiger partial charge in [0.2, 0.25) is 10.0 Å². The van der Waals surface area contributed by atoms with Crippen LogP contribution in [-0.2, 0) is 10.0 Å². The normalized spacial score (nSPS) is 12.1. The molecule has 90 valence electrons. The van der Waals surface area contributed by atoms with Gasteiger partial charge in [-0.15, -0.1) is 0 Å². The zero-order valence-corrected chi connectivity index (χ0v) is 11.5. The van der Waals surface area contributed by atoms with Crippen LogP contribution in [0.5, 0.6) is 0 Å². The van der Waals surface area contributed by atoms with E-state index in [0.29, 0.717) is 0 Å². The quantitative estimate of drug-likeness (QED) is 0.914. The fourth-order valence-corrected chi connectivity index (χ4v) is 2.71. The molecule has 0 aliphatic rings. The Labute approximate surface area is 104 Å². The lowest BCUT2D eigenvalue weighted by Gasteiger charge is -2.16. The van der Waals surface area contributed by atoms with Gasteiger partial charge in [-0.3, -0.25) is 0 Å². The Bertz CT molecular complexity index is 473. The molecule has 1 aromatic rings. The highest BCUT2D eigenvalue weighted by atomic mass is 79.9. The van der Waals surface area contributed by atoms with Crippen LogP contribution in [0, 0.1) is 6.92 Å². The van der Waals surface area contributed by atoms with E-state index in [4.69, 9.17) is 5.11 Å². The number of aryl methyl sites for hydroxylation is 1. The summed E-state index contributed by atoms with van der Waals surface area (Å²) >= 11 is 3.32. The first-order chi connectivity index (χ1) is 7.39. The van der Waals surface area contributed by atoms with E-state index in [1.54, 1.807) is 18.2 Å². The van der Waals surface area contributed by atoms with Crippen molar-refractivity contribution in [1.82, 2.24) is 4.31 Å². The van der Waals surface area contributed by atoms with Crippen molar-refractivity contribution >= 4 is 26.0 Å². The van der Waals surface area contributed by atoms with Gasteiger partial charge < -0.3 is 5.11 Å². The van der Waals surface area contributed by atoms with Gasteiger partial charge in [-0.25, -0.2) is 8.42 Å². The third kappa shape index (κ3) is 2.82. The summed E-state index contributed by atoms with van der Waals surface area (Å²) in [6.07, 6.45) is 0. The highest BCUT2D eigenvalue weighted by Gasteiger charge is 2.20. The van der Waals surface area contributed by atoms with Crippen LogP contribution < -0.4 is 0 Å². The predicted octanol–water partition coefficient (Wildman–Crippen LogP) is 1.37. The summed E-state index contributed by atoms with van der Waals surface area (Å²) in [6, 6.07) is 4.85. The summed E-state index contributed by atoms with van der Waals surface area (Å²) in [6.45, 7) is 1.73. The van der Waals surface area contributed by atoms with Crippen molar-refractivity contribution in [3.05, 3.63) is 28.2 Å². The van der Waals surface area contributed by atoms with Crippen LogP contribution in [0.1, 0.15) is 5.56 Å². The summed E-state index contributed by atoms with van der Waals surface area (Å²) < 4.78 is 26.0. The summed E-state index contributed by atoms with van der Waals surface area (Å²) in [5.74, 6) is 0. The first-order valence-electron chi connectivity index (χ1n) is 4.73. The standard InChI is InChI=1S/C10H14BrNO3S/c1-8-7-9(3-4-10(8)11)16(14,15)12(2)5-6-13/h3-4,7,13H,5-6H2,1-2H3. The molecule has 0 atom stereocenters. The Kier molecular flexibility index (Phi) is 4.49. The molecule has 4 nitrogen and oxygen atoms in total. The van der Waals surface area contributed by atoms with Gasteiger partial charge >= 0.3 is 0 Å². The predicted molar refractivity (Wildman–Crippen MR) is 65.8 cm³/mol. The second-order valence-corrected chi connectivity index (χ2v) is 6.36. The largest absolute Gasteiger partial charge is 0.395 e. The molecule has 6 heteroatoms. The molecule has 0 radical (unpaired) electrons. The van der Waals surface area contributed by atoms with Crippen LogP contribution in [0.4, 0.5) is 0 Å². The van der Waals surface area contributed by atoms with Gasteiger partial charge in [0, 0.05) is 18.1 Å². The molecule has 0 saturated heterocycles. The van der Waals surface area contributed by atoms with Gasteiger partial charge in [0.1, 0.15) is 0 Å². The lowest BCUT2D eigenvalue weighted by atomic mass is 10.2. The number of hydrogen-bond acceptors (Lipinski definition) is 3. The molecule has 0 saturated carbocycles. The van der Waals surface area contributed by atoms with E-state index in [1.807, 2.05) is 6.92 Å². The number of aliphatic hydroxyl groups excluding tert-OH is 1. The molecular weight excluding hydrogens is 294 g/mol. The maximum atomic E-state index is 12.0. The van der Waals surface area contributed by atoms with Gasteiger partial charge in [0.25, 0.3) is 0 Å². The van der Waals surface area contributed by atoms with Gasteiger partial charge in [-0.2, -0.15) is 4.31 Å². The van der Waals surface area contributed by atoms with Crippen molar-refractivity contribution < 1.29 is 13.5 Å². The number of hydrogen-bond donors (Lipinski definition) is 1. The van der Waals surface area contributed by atoms with E-state index in [-0.39, 0.29) is 18.0 Å². The number of benzene rings is 1. The molecule has 0 spiro atoms. The third-order valence-electron chi connectivity index (χ3n) is 2.25. The molecule has 0 aliphatic heterocycles. The third-order valence-corrected chi connectivity index (χ3v) is 5.00. The Hall–Kier alpha value is -0.430. The zero-order valence-electron chi connectivity index (χ0n) is 9.14. The van der Waals surface area contributed by atoms with Crippen LogP contribution >= 0.6 is 15.9 Å². The smallest absolute Gasteiger partial charge is 0.242 e.